The van der Waals surface area contributed by atoms with Gasteiger partial charge in [-0.25, -0.2) is 14.4 Å². The molecule has 9 nitrogen and oxygen atoms in total. The molecule has 14 heteroatoms. The van der Waals surface area contributed by atoms with Crippen LogP contribution in [0.5, 0.6) is 0 Å². The fourth-order valence-corrected chi connectivity index (χ4v) is 7.85. The highest BCUT2D eigenvalue weighted by molar-refractivity contribution is 8.00. The zero-order valence-electron chi connectivity index (χ0n) is 24.2. The normalized spacial score (nSPS) is 32.0. The van der Waals surface area contributed by atoms with Crippen molar-refractivity contribution in [3.05, 3.63) is 35.2 Å². The molecule has 40 heavy (non-hydrogen) atoms. The fraction of sp³-hybridized carbons (Fsp3) is 0.731. The molecular weight excluding hydrogens is 591 g/mol. The van der Waals surface area contributed by atoms with Crippen molar-refractivity contribution in [2.75, 3.05) is 6.61 Å². The lowest BCUT2D eigenvalue weighted by atomic mass is 9.77. The number of rotatable bonds is 9. The highest BCUT2D eigenvalue weighted by Gasteiger charge is 2.53. The largest absolute Gasteiger partial charge is 0.522 e. The van der Waals surface area contributed by atoms with Crippen LogP contribution in [0.25, 0.3) is 11.2 Å². The molecule has 3 heterocycles. The number of hydrogen-bond acceptors (Lipinski definition) is 9. The van der Waals surface area contributed by atoms with Crippen molar-refractivity contribution in [1.29, 1.82) is 0 Å². The molecule has 0 spiro atoms. The van der Waals surface area contributed by atoms with Crippen LogP contribution in [0.2, 0.25) is 18.1 Å². The van der Waals surface area contributed by atoms with E-state index in [2.05, 4.69) is 55.4 Å². The maximum Gasteiger partial charge on any atom is 0.522 e. The Bertz CT molecular complexity index is 1320. The molecule has 2 aromatic rings. The number of alkyl halides is 1. The number of fused-ring (bicyclic) bond motifs is 1. The summed E-state index contributed by atoms with van der Waals surface area (Å²) in [5.41, 5.74) is 1.01. The number of ether oxygens (including phenoxy) is 1. The number of nitrogens with one attached hydrogen (secondary N) is 1. The fourth-order valence-electron chi connectivity index (χ4n) is 4.82. The van der Waals surface area contributed by atoms with Crippen molar-refractivity contribution >= 4 is 51.1 Å². The monoisotopic (exact) mass is 631 g/mol. The predicted octanol–water partition coefficient (Wildman–Crippen LogP) is 5.99. The standard InChI is InChI=1S/C26H40FN4O5PS2Si/c1-15(2)16-9-10-26(6,38)18(11-16)35-37(39)36-21-17(12-33-40(7,8)25(3,4)5)34-24(19(21)27)31-14-30-20-22(31)28-13-29-23(20)32/h13-14,16-19,21,24H,1,9-12H2,2-8H3,(H-,28,29,32,38)/p+1/t16-,17-,18+,19-,21-,24-,26+/m1/s1. The summed E-state index contributed by atoms with van der Waals surface area (Å²) in [6.07, 6.45) is 0.331. The lowest BCUT2D eigenvalue weighted by Crippen LogP contribution is -2.44. The minimum atomic E-state index is -2.18. The van der Waals surface area contributed by atoms with E-state index in [4.69, 9.17) is 42.6 Å². The molecule has 1 aliphatic heterocycles. The van der Waals surface area contributed by atoms with Gasteiger partial charge in [0.25, 0.3) is 5.56 Å². The first-order chi connectivity index (χ1) is 18.5. The van der Waals surface area contributed by atoms with E-state index in [0.29, 0.717) is 5.92 Å². The van der Waals surface area contributed by atoms with Crippen LogP contribution in [-0.4, -0.2) is 63.7 Å². The highest BCUT2D eigenvalue weighted by atomic mass is 32.4. The van der Waals surface area contributed by atoms with E-state index in [1.54, 1.807) is 0 Å². The molecule has 1 saturated carbocycles. The molecule has 8 atom stereocenters. The number of imidazole rings is 1. The molecule has 0 radical (unpaired) electrons. The molecule has 0 bridgehead atoms. The number of H-pyrrole nitrogens is 1. The van der Waals surface area contributed by atoms with Crippen LogP contribution in [0.15, 0.2) is 29.6 Å². The molecule has 1 saturated heterocycles. The predicted molar refractivity (Wildman–Crippen MR) is 164 cm³/mol. The molecular formula is C26H41FN4O5PS2Si+. The number of hydrogen-bond donors (Lipinski definition) is 2. The van der Waals surface area contributed by atoms with Crippen LogP contribution in [-0.2, 0) is 30.0 Å². The van der Waals surface area contributed by atoms with E-state index < -0.39 is 50.4 Å². The van der Waals surface area contributed by atoms with E-state index in [1.165, 1.54) is 17.2 Å². The summed E-state index contributed by atoms with van der Waals surface area (Å²) in [4.78, 5) is 23.0. The smallest absolute Gasteiger partial charge is 0.414 e. The molecule has 2 fully saturated rings. The Balaban J connectivity index is 1.57. The van der Waals surface area contributed by atoms with Crippen molar-refractivity contribution in [1.82, 2.24) is 19.5 Å². The van der Waals surface area contributed by atoms with Crippen LogP contribution in [0.1, 0.15) is 60.1 Å². The van der Waals surface area contributed by atoms with Gasteiger partial charge in [0.1, 0.15) is 12.2 Å². The molecule has 2 aliphatic rings. The zero-order chi connectivity index (χ0) is 29.6. The minimum absolute atomic E-state index is 0.0481. The van der Waals surface area contributed by atoms with Gasteiger partial charge in [-0.15, -0.1) is 9.05 Å². The first-order valence-corrected chi connectivity index (χ1v) is 19.1. The topological polar surface area (TPSA) is 100 Å². The maximum atomic E-state index is 16.2. The molecule has 0 aromatic carbocycles. The molecule has 1 unspecified atom stereocenters. The Morgan fingerprint density at radius 2 is 2.10 bits per heavy atom. The zero-order valence-corrected chi connectivity index (χ0v) is 27.8. The minimum Gasteiger partial charge on any atom is -0.414 e. The highest BCUT2D eigenvalue weighted by Crippen LogP contribution is 2.47. The van der Waals surface area contributed by atoms with Gasteiger partial charge < -0.3 is 14.1 Å². The van der Waals surface area contributed by atoms with Gasteiger partial charge in [-0.1, -0.05) is 32.9 Å². The van der Waals surface area contributed by atoms with Crippen LogP contribution >= 0.6 is 19.8 Å². The third kappa shape index (κ3) is 6.62. The number of thiol groups is 1. The van der Waals surface area contributed by atoms with Crippen LogP contribution < -0.4 is 5.56 Å². The quantitative estimate of drug-likeness (QED) is 0.151. The number of nitrogens with zero attached hydrogens (tertiary/aromatic N) is 3. The Hall–Kier alpha value is -1.05. The number of halogens is 1. The number of allylic oxidation sites excluding steroid dienone is 1. The third-order valence-corrected chi connectivity index (χ3v) is 15.0. The van der Waals surface area contributed by atoms with Crippen molar-refractivity contribution in [3.8, 4) is 0 Å². The first-order valence-electron chi connectivity index (χ1n) is 13.5. The summed E-state index contributed by atoms with van der Waals surface area (Å²) in [7, 11) is -4.08. The second kappa shape index (κ2) is 11.9. The molecule has 2 aromatic heterocycles. The Morgan fingerprint density at radius 3 is 2.75 bits per heavy atom. The lowest BCUT2D eigenvalue weighted by molar-refractivity contribution is -0.0414. The Morgan fingerprint density at radius 1 is 1.40 bits per heavy atom. The van der Waals surface area contributed by atoms with E-state index in [0.717, 1.165) is 24.8 Å². The Labute approximate surface area is 247 Å². The van der Waals surface area contributed by atoms with Crippen LogP contribution in [0.4, 0.5) is 4.39 Å². The van der Waals surface area contributed by atoms with E-state index in [9.17, 15) is 4.79 Å². The van der Waals surface area contributed by atoms with Gasteiger partial charge in [0, 0.05) is 4.75 Å². The first kappa shape index (κ1) is 31.9. The third-order valence-electron chi connectivity index (χ3n) is 8.63. The van der Waals surface area contributed by atoms with Crippen LogP contribution in [0.3, 0.4) is 0 Å². The van der Waals surface area contributed by atoms with Crippen molar-refractivity contribution < 1.29 is 22.6 Å². The molecule has 0 amide bonds. The second-order valence-corrected chi connectivity index (χ2v) is 20.3. The summed E-state index contributed by atoms with van der Waals surface area (Å²) in [6.45, 7) is 19.0. The number of aromatic nitrogens is 4. The van der Waals surface area contributed by atoms with E-state index in [1.807, 2.05) is 13.8 Å². The summed E-state index contributed by atoms with van der Waals surface area (Å²) in [5.74, 6) is 0.313. The maximum absolute atomic E-state index is 16.2. The number of aromatic amines is 1. The average molecular weight is 632 g/mol. The SMILES string of the molecule is C=C(C)[C@@H]1CC[C@](C)(S)[C@@H](O[P+](=S)O[C@H]2[C@@H](F)[C@H](n3cnc4c(=O)[nH]cnc43)O[C@@H]2CO[Si](C)(C)C(C)(C)C)C1. The molecule has 1 N–H and O–H groups in total. The molecule has 4 rings (SSSR count). The average Bonchev–Trinajstić information content (AvgIpc) is 3.40. The van der Waals surface area contributed by atoms with E-state index >= 15 is 4.39 Å². The van der Waals surface area contributed by atoms with Gasteiger partial charge >= 0.3 is 7.15 Å². The van der Waals surface area contributed by atoms with Crippen LogP contribution in [0, 0.1) is 5.92 Å². The summed E-state index contributed by atoms with van der Waals surface area (Å²) in [5, 5.41) is -0.0481. The van der Waals surface area contributed by atoms with Gasteiger partial charge in [0.05, 0.1) is 19.3 Å². The second-order valence-electron chi connectivity index (χ2n) is 12.7. The lowest BCUT2D eigenvalue weighted by Gasteiger charge is -2.38. The van der Waals surface area contributed by atoms with Gasteiger partial charge in [-0.3, -0.25) is 9.36 Å². The summed E-state index contributed by atoms with van der Waals surface area (Å²) in [6, 6.07) is 0. The summed E-state index contributed by atoms with van der Waals surface area (Å²) < 4.78 is 42.3. The van der Waals surface area contributed by atoms with E-state index in [-0.39, 0.29) is 28.9 Å². The van der Waals surface area contributed by atoms with Gasteiger partial charge in [0.2, 0.25) is 11.8 Å². The van der Waals surface area contributed by atoms with Crippen molar-refractivity contribution in [2.45, 2.75) is 107 Å². The van der Waals surface area contributed by atoms with Crippen molar-refractivity contribution in [2.24, 2.45) is 5.92 Å². The van der Waals surface area contributed by atoms with Gasteiger partial charge in [-0.2, -0.15) is 12.6 Å². The summed E-state index contributed by atoms with van der Waals surface area (Å²) >= 11 is 10.5. The van der Waals surface area contributed by atoms with Gasteiger partial charge in [0.15, 0.2) is 38.0 Å². The molecule has 1 aliphatic carbocycles. The molecule has 222 valence electrons. The van der Waals surface area contributed by atoms with Crippen molar-refractivity contribution in [3.63, 3.8) is 0 Å². The Kier molecular flexibility index (Phi) is 9.49. The van der Waals surface area contributed by atoms with Gasteiger partial charge in [-0.05, 0) is 57.2 Å².